The lowest BCUT2D eigenvalue weighted by atomic mass is 9.76. The molecule has 122 valence electrons. The van der Waals surface area contributed by atoms with E-state index in [4.69, 9.17) is 23.2 Å². The zero-order valence-electron chi connectivity index (χ0n) is 13.7. The van der Waals surface area contributed by atoms with Crippen molar-refractivity contribution in [1.29, 1.82) is 0 Å². The van der Waals surface area contributed by atoms with E-state index >= 15 is 0 Å². The molecule has 1 aliphatic carbocycles. The van der Waals surface area contributed by atoms with Crippen LogP contribution in [-0.4, -0.2) is 6.54 Å². The molecular formula is C20H23Cl2N. The Morgan fingerprint density at radius 3 is 2.43 bits per heavy atom. The second-order valence-electron chi connectivity index (χ2n) is 6.79. The quantitative estimate of drug-likeness (QED) is 0.693. The highest BCUT2D eigenvalue weighted by atomic mass is 35.5. The van der Waals surface area contributed by atoms with E-state index in [1.54, 1.807) is 0 Å². The van der Waals surface area contributed by atoms with Gasteiger partial charge in [-0.25, -0.2) is 0 Å². The maximum absolute atomic E-state index is 6.23. The molecule has 2 aromatic carbocycles. The number of hydrogen-bond donors (Lipinski definition) is 1. The summed E-state index contributed by atoms with van der Waals surface area (Å²) < 4.78 is 0. The first-order valence-electron chi connectivity index (χ1n) is 8.33. The smallest absolute Gasteiger partial charge is 0.0595 e. The fraction of sp³-hybridized carbons (Fsp3) is 0.400. The Kier molecular flexibility index (Phi) is 5.31. The summed E-state index contributed by atoms with van der Waals surface area (Å²) in [5, 5.41) is 4.98. The average molecular weight is 348 g/mol. The second-order valence-corrected chi connectivity index (χ2v) is 7.60. The fourth-order valence-electron chi connectivity index (χ4n) is 3.46. The van der Waals surface area contributed by atoms with Gasteiger partial charge < -0.3 is 5.32 Å². The highest BCUT2D eigenvalue weighted by molar-refractivity contribution is 6.42. The summed E-state index contributed by atoms with van der Waals surface area (Å²) >= 11 is 12.3. The van der Waals surface area contributed by atoms with Gasteiger partial charge in [-0.1, -0.05) is 67.4 Å². The van der Waals surface area contributed by atoms with Crippen LogP contribution in [0.3, 0.4) is 0 Å². The molecule has 0 aliphatic heterocycles. The average Bonchev–Trinajstić information content (AvgIpc) is 2.55. The van der Waals surface area contributed by atoms with Gasteiger partial charge >= 0.3 is 0 Å². The molecule has 0 fully saturated rings. The summed E-state index contributed by atoms with van der Waals surface area (Å²) in [6.07, 6.45) is 2.28. The van der Waals surface area contributed by atoms with Gasteiger partial charge in [-0.3, -0.25) is 0 Å². The Morgan fingerprint density at radius 2 is 1.74 bits per heavy atom. The molecule has 1 N–H and O–H groups in total. The van der Waals surface area contributed by atoms with Crippen molar-refractivity contribution in [2.75, 3.05) is 6.54 Å². The second kappa shape index (κ2) is 7.25. The molecule has 0 saturated carbocycles. The zero-order valence-corrected chi connectivity index (χ0v) is 15.2. The van der Waals surface area contributed by atoms with Crippen LogP contribution < -0.4 is 5.32 Å². The van der Waals surface area contributed by atoms with Crippen LogP contribution in [0.1, 0.15) is 55.3 Å². The molecular weight excluding hydrogens is 325 g/mol. The first-order chi connectivity index (χ1) is 11.1. The largest absolute Gasteiger partial charge is 0.310 e. The summed E-state index contributed by atoms with van der Waals surface area (Å²) in [6.45, 7) is 5.55. The molecule has 0 unspecified atom stereocenters. The van der Waals surface area contributed by atoms with Crippen molar-refractivity contribution in [3.63, 3.8) is 0 Å². The lowest BCUT2D eigenvalue weighted by Crippen LogP contribution is -2.29. The Morgan fingerprint density at radius 1 is 1.00 bits per heavy atom. The topological polar surface area (TPSA) is 12.0 Å². The summed E-state index contributed by atoms with van der Waals surface area (Å²) in [6, 6.07) is 15.3. The third kappa shape index (κ3) is 3.74. The van der Waals surface area contributed by atoms with E-state index in [1.807, 2.05) is 12.1 Å². The van der Waals surface area contributed by atoms with E-state index in [-0.39, 0.29) is 0 Å². The summed E-state index contributed by atoms with van der Waals surface area (Å²) in [4.78, 5) is 0. The number of fused-ring (bicyclic) bond motifs is 1. The minimum atomic E-state index is 0.401. The summed E-state index contributed by atoms with van der Waals surface area (Å²) in [7, 11) is 0. The van der Waals surface area contributed by atoms with Crippen molar-refractivity contribution < 1.29 is 0 Å². The zero-order chi connectivity index (χ0) is 16.4. The summed E-state index contributed by atoms with van der Waals surface area (Å²) in [5.74, 6) is 1.06. The van der Waals surface area contributed by atoms with Crippen LogP contribution in [0, 0.1) is 5.92 Å². The lowest BCUT2D eigenvalue weighted by molar-refractivity contribution is 0.413. The molecule has 3 heteroatoms. The SMILES string of the molecule is CC(C)CN[C@H]1CC[C@@H](c2ccc(Cl)c(Cl)c2)c2ccccc21. The molecule has 2 atom stereocenters. The van der Waals surface area contributed by atoms with Crippen molar-refractivity contribution in [1.82, 2.24) is 5.32 Å². The van der Waals surface area contributed by atoms with Gasteiger partial charge in [0.15, 0.2) is 0 Å². The van der Waals surface area contributed by atoms with Crippen LogP contribution >= 0.6 is 23.2 Å². The molecule has 0 amide bonds. The number of hydrogen-bond acceptors (Lipinski definition) is 1. The normalized spacial score (nSPS) is 20.6. The highest BCUT2D eigenvalue weighted by Gasteiger charge is 2.28. The van der Waals surface area contributed by atoms with Crippen LogP contribution in [0.15, 0.2) is 42.5 Å². The van der Waals surface area contributed by atoms with E-state index in [0.29, 0.717) is 27.9 Å². The van der Waals surface area contributed by atoms with E-state index in [0.717, 1.165) is 19.4 Å². The lowest BCUT2D eigenvalue weighted by Gasteiger charge is -2.33. The van der Waals surface area contributed by atoms with Crippen molar-refractivity contribution in [2.45, 2.75) is 38.6 Å². The van der Waals surface area contributed by atoms with E-state index in [1.165, 1.54) is 16.7 Å². The molecule has 2 aromatic rings. The van der Waals surface area contributed by atoms with Gasteiger partial charge in [0.2, 0.25) is 0 Å². The van der Waals surface area contributed by atoms with Gasteiger partial charge in [0, 0.05) is 12.0 Å². The molecule has 1 nitrogen and oxygen atoms in total. The van der Waals surface area contributed by atoms with Crippen LogP contribution in [0.25, 0.3) is 0 Å². The summed E-state index contributed by atoms with van der Waals surface area (Å²) in [5.41, 5.74) is 4.10. The van der Waals surface area contributed by atoms with Crippen molar-refractivity contribution in [2.24, 2.45) is 5.92 Å². The molecule has 0 radical (unpaired) electrons. The van der Waals surface area contributed by atoms with Gasteiger partial charge in [-0.2, -0.15) is 0 Å². The van der Waals surface area contributed by atoms with Gasteiger partial charge in [0.1, 0.15) is 0 Å². The molecule has 0 bridgehead atoms. The first kappa shape index (κ1) is 16.8. The minimum absolute atomic E-state index is 0.401. The predicted octanol–water partition coefficient (Wildman–Crippen LogP) is 6.21. The van der Waals surface area contributed by atoms with Gasteiger partial charge in [0.05, 0.1) is 10.0 Å². The van der Waals surface area contributed by atoms with Crippen molar-refractivity contribution in [3.05, 3.63) is 69.2 Å². The van der Waals surface area contributed by atoms with E-state index in [2.05, 4.69) is 49.5 Å². The van der Waals surface area contributed by atoms with E-state index in [9.17, 15) is 0 Å². The maximum atomic E-state index is 6.23. The van der Waals surface area contributed by atoms with Gasteiger partial charge in [-0.05, 0) is 54.1 Å². The molecule has 0 aromatic heterocycles. The van der Waals surface area contributed by atoms with Gasteiger partial charge in [-0.15, -0.1) is 0 Å². The fourth-order valence-corrected chi connectivity index (χ4v) is 3.76. The van der Waals surface area contributed by atoms with Gasteiger partial charge in [0.25, 0.3) is 0 Å². The Bertz CT molecular complexity index is 681. The Balaban J connectivity index is 1.91. The van der Waals surface area contributed by atoms with Crippen LogP contribution in [0.5, 0.6) is 0 Å². The molecule has 0 heterocycles. The standard InChI is InChI=1S/C20H23Cl2N/c1-13(2)12-23-20-10-8-15(16-5-3-4-6-17(16)20)14-7-9-18(21)19(22)11-14/h3-7,9,11,13,15,20,23H,8,10,12H2,1-2H3/t15-,20-/m0/s1. The van der Waals surface area contributed by atoms with Crippen LogP contribution in [0.4, 0.5) is 0 Å². The van der Waals surface area contributed by atoms with E-state index < -0.39 is 0 Å². The van der Waals surface area contributed by atoms with Crippen LogP contribution in [0.2, 0.25) is 10.0 Å². The molecule has 1 aliphatic rings. The van der Waals surface area contributed by atoms with Crippen LogP contribution in [-0.2, 0) is 0 Å². The number of halogens is 2. The van der Waals surface area contributed by atoms with Crippen molar-refractivity contribution >= 4 is 23.2 Å². The minimum Gasteiger partial charge on any atom is -0.310 e. The molecule has 0 spiro atoms. The third-order valence-corrected chi connectivity index (χ3v) is 5.35. The first-order valence-corrected chi connectivity index (χ1v) is 9.09. The maximum Gasteiger partial charge on any atom is 0.0595 e. The Labute approximate surface area is 149 Å². The molecule has 0 saturated heterocycles. The number of nitrogens with one attached hydrogen (secondary N) is 1. The third-order valence-electron chi connectivity index (χ3n) is 4.61. The Hall–Kier alpha value is -1.02. The van der Waals surface area contributed by atoms with Crippen molar-refractivity contribution in [3.8, 4) is 0 Å². The number of rotatable bonds is 4. The monoisotopic (exact) mass is 347 g/mol. The predicted molar refractivity (Wildman–Crippen MR) is 99.6 cm³/mol. The highest BCUT2D eigenvalue weighted by Crippen LogP contribution is 2.42. The molecule has 3 rings (SSSR count). The molecule has 23 heavy (non-hydrogen) atoms. The number of benzene rings is 2.